The fraction of sp³-hybridized carbons (Fsp3) is 0.529. The van der Waals surface area contributed by atoms with Gasteiger partial charge in [0.2, 0.25) is 0 Å². The summed E-state index contributed by atoms with van der Waals surface area (Å²) in [5.74, 6) is 0. The molecule has 0 saturated heterocycles. The molecule has 0 fully saturated rings. The second-order valence-corrected chi connectivity index (χ2v) is 6.22. The van der Waals surface area contributed by atoms with Crippen molar-refractivity contribution in [1.82, 2.24) is 5.32 Å². The number of rotatable bonds is 5. The number of nitrogens with two attached hydrogens (primary N) is 1. The zero-order valence-electron chi connectivity index (χ0n) is 13.6. The van der Waals surface area contributed by atoms with Crippen LogP contribution in [0.1, 0.15) is 49.4 Å². The maximum atomic E-state index is 11.8. The second kappa shape index (κ2) is 7.46. The Morgan fingerprint density at radius 3 is 2.48 bits per heavy atom. The summed E-state index contributed by atoms with van der Waals surface area (Å²) in [5.41, 5.74) is 9.86. The third-order valence-electron chi connectivity index (χ3n) is 3.05. The average Bonchev–Trinajstić information content (AvgIpc) is 2.35. The highest BCUT2D eigenvalue weighted by Gasteiger charge is 2.17. The molecule has 3 N–H and O–H groups in total. The van der Waals surface area contributed by atoms with Gasteiger partial charge in [-0.05, 0) is 57.2 Å². The predicted octanol–water partition coefficient (Wildman–Crippen LogP) is 3.25. The van der Waals surface area contributed by atoms with Gasteiger partial charge in [-0.1, -0.05) is 24.6 Å². The lowest BCUT2D eigenvalue weighted by molar-refractivity contribution is 0.0523. The number of carbonyl (C=O) groups excluding carboxylic acids is 1. The van der Waals surface area contributed by atoms with Gasteiger partial charge in [0.15, 0.2) is 0 Å². The van der Waals surface area contributed by atoms with E-state index in [0.29, 0.717) is 13.1 Å². The summed E-state index contributed by atoms with van der Waals surface area (Å²) in [5, 5.41) is 2.81. The number of amides is 1. The summed E-state index contributed by atoms with van der Waals surface area (Å²) in [6, 6.07) is 4.20. The number of carbonyl (C=O) groups is 1. The van der Waals surface area contributed by atoms with Crippen LogP contribution in [-0.2, 0) is 24.2 Å². The van der Waals surface area contributed by atoms with Gasteiger partial charge in [0.1, 0.15) is 5.60 Å². The lowest BCUT2D eigenvalue weighted by atomic mass is 9.95. The number of nitrogens with one attached hydrogen (secondary N) is 1. The maximum Gasteiger partial charge on any atom is 0.407 e. The minimum atomic E-state index is -0.496. The monoisotopic (exact) mass is 291 g/mol. The summed E-state index contributed by atoms with van der Waals surface area (Å²) in [4.78, 5) is 11.8. The number of benzene rings is 1. The predicted molar refractivity (Wildman–Crippen MR) is 85.8 cm³/mol. The van der Waals surface area contributed by atoms with E-state index in [-0.39, 0.29) is 0 Å². The van der Waals surface area contributed by atoms with Crippen LogP contribution in [0.25, 0.3) is 0 Å². The third-order valence-corrected chi connectivity index (χ3v) is 3.05. The second-order valence-electron chi connectivity index (χ2n) is 6.22. The highest BCUT2D eigenvalue weighted by molar-refractivity contribution is 5.67. The minimum absolute atomic E-state index is 0.411. The van der Waals surface area contributed by atoms with Gasteiger partial charge in [0, 0.05) is 13.1 Å². The van der Waals surface area contributed by atoms with E-state index < -0.39 is 11.7 Å². The van der Waals surface area contributed by atoms with E-state index in [4.69, 9.17) is 10.5 Å². The molecular formula is C17H27N2O2. The molecule has 0 aromatic heterocycles. The fourth-order valence-corrected chi connectivity index (χ4v) is 2.27. The first-order chi connectivity index (χ1) is 9.76. The zero-order valence-corrected chi connectivity index (χ0v) is 13.6. The van der Waals surface area contributed by atoms with Gasteiger partial charge in [-0.15, -0.1) is 0 Å². The molecule has 0 aliphatic heterocycles. The van der Waals surface area contributed by atoms with Crippen LogP contribution >= 0.6 is 0 Å². The largest absolute Gasteiger partial charge is 0.444 e. The lowest BCUT2D eigenvalue weighted by Gasteiger charge is -2.21. The highest BCUT2D eigenvalue weighted by Crippen LogP contribution is 2.19. The van der Waals surface area contributed by atoms with Gasteiger partial charge < -0.3 is 15.8 Å². The normalized spacial score (nSPS) is 11.3. The molecule has 1 radical (unpaired) electrons. The van der Waals surface area contributed by atoms with Crippen molar-refractivity contribution in [1.29, 1.82) is 0 Å². The van der Waals surface area contributed by atoms with Crippen molar-refractivity contribution >= 4 is 6.09 Å². The number of alkyl carbamates (subject to hydrolysis) is 1. The van der Waals surface area contributed by atoms with Crippen molar-refractivity contribution in [3.05, 3.63) is 41.3 Å². The van der Waals surface area contributed by atoms with E-state index in [0.717, 1.165) is 24.0 Å². The van der Waals surface area contributed by atoms with Gasteiger partial charge in [0.05, 0.1) is 0 Å². The molecular weight excluding hydrogens is 264 g/mol. The van der Waals surface area contributed by atoms with Crippen LogP contribution < -0.4 is 11.1 Å². The Morgan fingerprint density at radius 2 is 1.95 bits per heavy atom. The van der Waals surface area contributed by atoms with Crippen LogP contribution in [0.15, 0.2) is 12.1 Å². The molecule has 0 unspecified atom stereocenters. The standard InChI is InChI=1S/C17H27N2O2/c1-6-7-13-8-12(2)9-14(10-18)15(13)11-19-16(20)21-17(3,4)5/h8-9H,1,6-7,10-11,18H2,2-5H3,(H,19,20). The van der Waals surface area contributed by atoms with Crippen molar-refractivity contribution in [2.24, 2.45) is 5.73 Å². The number of hydrogen-bond donors (Lipinski definition) is 2. The first kappa shape index (κ1) is 17.5. The van der Waals surface area contributed by atoms with Crippen molar-refractivity contribution in [3.63, 3.8) is 0 Å². The number of aryl methyl sites for hydroxylation is 2. The molecule has 117 valence electrons. The van der Waals surface area contributed by atoms with Gasteiger partial charge in [-0.25, -0.2) is 4.79 Å². The van der Waals surface area contributed by atoms with Crippen molar-refractivity contribution < 1.29 is 9.53 Å². The smallest absolute Gasteiger partial charge is 0.407 e. The molecule has 0 saturated carbocycles. The van der Waals surface area contributed by atoms with Crippen LogP contribution in [0.4, 0.5) is 4.79 Å². The Hall–Kier alpha value is -1.55. The molecule has 1 aromatic rings. The van der Waals surface area contributed by atoms with Crippen molar-refractivity contribution in [3.8, 4) is 0 Å². The molecule has 4 heteroatoms. The van der Waals surface area contributed by atoms with Crippen LogP contribution in [0, 0.1) is 13.8 Å². The molecule has 0 spiro atoms. The van der Waals surface area contributed by atoms with Crippen LogP contribution in [0.3, 0.4) is 0 Å². The summed E-state index contributed by atoms with van der Waals surface area (Å²) >= 11 is 0. The Kier molecular flexibility index (Phi) is 6.21. The molecule has 21 heavy (non-hydrogen) atoms. The van der Waals surface area contributed by atoms with Gasteiger partial charge >= 0.3 is 6.09 Å². The van der Waals surface area contributed by atoms with Crippen LogP contribution in [0.2, 0.25) is 0 Å². The average molecular weight is 291 g/mol. The molecule has 0 heterocycles. The molecule has 1 aromatic carbocycles. The molecule has 4 nitrogen and oxygen atoms in total. The van der Waals surface area contributed by atoms with Gasteiger partial charge in [0.25, 0.3) is 0 Å². The third kappa shape index (κ3) is 5.76. The molecule has 1 rings (SSSR count). The minimum Gasteiger partial charge on any atom is -0.444 e. The van der Waals surface area contributed by atoms with E-state index in [1.165, 1.54) is 11.1 Å². The van der Waals surface area contributed by atoms with Crippen LogP contribution in [0.5, 0.6) is 0 Å². The van der Waals surface area contributed by atoms with E-state index >= 15 is 0 Å². The first-order valence-corrected chi connectivity index (χ1v) is 7.34. The number of ether oxygens (including phenoxy) is 1. The van der Waals surface area contributed by atoms with Crippen molar-refractivity contribution in [2.75, 3.05) is 0 Å². The summed E-state index contributed by atoms with van der Waals surface area (Å²) in [6.07, 6.45) is 1.28. The van der Waals surface area contributed by atoms with E-state index in [1.54, 1.807) is 0 Å². The highest BCUT2D eigenvalue weighted by atomic mass is 16.6. The first-order valence-electron chi connectivity index (χ1n) is 7.34. The van der Waals surface area contributed by atoms with Crippen molar-refractivity contribution in [2.45, 2.75) is 59.2 Å². The van der Waals surface area contributed by atoms with Gasteiger partial charge in [-0.2, -0.15) is 0 Å². The Balaban J connectivity index is 2.88. The summed E-state index contributed by atoms with van der Waals surface area (Å²) < 4.78 is 5.26. The molecule has 0 bridgehead atoms. The Bertz CT molecular complexity index is 490. The number of hydrogen-bond acceptors (Lipinski definition) is 3. The zero-order chi connectivity index (χ0) is 16.0. The van der Waals surface area contributed by atoms with Gasteiger partial charge in [-0.3, -0.25) is 0 Å². The topological polar surface area (TPSA) is 64.3 Å². The molecule has 0 aliphatic rings. The molecule has 0 aliphatic carbocycles. The quantitative estimate of drug-likeness (QED) is 0.875. The molecule has 0 atom stereocenters. The van der Waals surface area contributed by atoms with E-state index in [9.17, 15) is 4.79 Å². The van der Waals surface area contributed by atoms with E-state index in [1.807, 2.05) is 20.8 Å². The fourth-order valence-electron chi connectivity index (χ4n) is 2.27. The Labute approximate surface area is 128 Å². The maximum absolute atomic E-state index is 11.8. The van der Waals surface area contributed by atoms with E-state index in [2.05, 4.69) is 31.3 Å². The lowest BCUT2D eigenvalue weighted by Crippen LogP contribution is -2.32. The summed E-state index contributed by atoms with van der Waals surface area (Å²) in [7, 11) is 0. The SMILES string of the molecule is [CH2]CCc1cc(C)cc(CN)c1CNC(=O)OC(C)(C)C. The summed E-state index contributed by atoms with van der Waals surface area (Å²) in [6.45, 7) is 12.4. The Morgan fingerprint density at radius 1 is 1.33 bits per heavy atom. The van der Waals surface area contributed by atoms with Crippen LogP contribution in [-0.4, -0.2) is 11.7 Å². The molecule has 1 amide bonds.